The summed E-state index contributed by atoms with van der Waals surface area (Å²) in [6.45, 7) is 3.39. The Labute approximate surface area is 145 Å². The molecule has 2 aromatic rings. The minimum absolute atomic E-state index is 0.120. The Balaban J connectivity index is 1.86. The number of aromatic hydroxyl groups is 1. The molecular formula is C18H20ClNO4. The lowest BCUT2D eigenvalue weighted by Crippen LogP contribution is -2.39. The number of aliphatic hydroxyl groups excluding tert-OH is 1. The second-order valence-electron chi connectivity index (χ2n) is 5.59. The average Bonchev–Trinajstić information content (AvgIpc) is 2.56. The fraction of sp³-hybridized carbons (Fsp3) is 0.278. The molecule has 24 heavy (non-hydrogen) atoms. The van der Waals surface area contributed by atoms with Crippen LogP contribution in [0.1, 0.15) is 24.2 Å². The number of carbonyl (C=O) groups excluding carboxylic acids is 1. The highest BCUT2D eigenvalue weighted by atomic mass is 35.5. The Morgan fingerprint density at radius 1 is 1.25 bits per heavy atom. The lowest BCUT2D eigenvalue weighted by atomic mass is 10.0. The number of aryl methyl sites for hydroxylation is 1. The molecule has 5 nitrogen and oxygen atoms in total. The van der Waals surface area contributed by atoms with Crippen molar-refractivity contribution < 1.29 is 19.7 Å². The zero-order chi connectivity index (χ0) is 17.7. The number of benzene rings is 2. The minimum Gasteiger partial charge on any atom is -0.508 e. The summed E-state index contributed by atoms with van der Waals surface area (Å²) < 4.78 is 5.42. The van der Waals surface area contributed by atoms with Crippen molar-refractivity contribution in [3.63, 3.8) is 0 Å². The molecule has 3 N–H and O–H groups in total. The molecule has 128 valence electrons. The highest BCUT2D eigenvalue weighted by molar-refractivity contribution is 6.31. The second kappa shape index (κ2) is 8.04. The molecule has 0 aliphatic rings. The number of nitrogens with one attached hydrogen (secondary N) is 1. The van der Waals surface area contributed by atoms with Gasteiger partial charge in [-0.3, -0.25) is 4.79 Å². The third-order valence-corrected chi connectivity index (χ3v) is 4.02. The van der Waals surface area contributed by atoms with Gasteiger partial charge in [-0.25, -0.2) is 0 Å². The first-order valence-corrected chi connectivity index (χ1v) is 7.90. The molecule has 0 fully saturated rings. The molecule has 0 aliphatic heterocycles. The summed E-state index contributed by atoms with van der Waals surface area (Å²) in [6, 6.07) is 10.8. The van der Waals surface area contributed by atoms with Crippen molar-refractivity contribution in [3.8, 4) is 11.5 Å². The molecule has 0 saturated carbocycles. The van der Waals surface area contributed by atoms with Gasteiger partial charge in [-0.15, -0.1) is 0 Å². The van der Waals surface area contributed by atoms with Gasteiger partial charge in [-0.1, -0.05) is 23.7 Å². The first kappa shape index (κ1) is 18.1. The SMILES string of the molecule is Cc1cc(OCC(=O)N[C@H](C)[C@H](O)c2ccc(O)cc2)ccc1Cl. The Kier molecular flexibility index (Phi) is 6.06. The number of phenols is 1. The van der Waals surface area contributed by atoms with Crippen molar-refractivity contribution in [3.05, 3.63) is 58.6 Å². The van der Waals surface area contributed by atoms with Gasteiger partial charge in [-0.05, 0) is 55.3 Å². The molecule has 6 heteroatoms. The topological polar surface area (TPSA) is 78.8 Å². The Morgan fingerprint density at radius 2 is 1.92 bits per heavy atom. The van der Waals surface area contributed by atoms with Gasteiger partial charge in [0.05, 0.1) is 12.1 Å². The van der Waals surface area contributed by atoms with Crippen molar-refractivity contribution in [2.75, 3.05) is 6.61 Å². The number of amides is 1. The van der Waals surface area contributed by atoms with Gasteiger partial charge in [0.15, 0.2) is 6.61 Å². The van der Waals surface area contributed by atoms with Crippen LogP contribution in [0, 0.1) is 6.92 Å². The van der Waals surface area contributed by atoms with Crippen molar-refractivity contribution in [2.45, 2.75) is 26.0 Å². The van der Waals surface area contributed by atoms with Crippen molar-refractivity contribution >= 4 is 17.5 Å². The average molecular weight is 350 g/mol. The number of halogens is 1. The number of rotatable bonds is 6. The van der Waals surface area contributed by atoms with E-state index in [9.17, 15) is 15.0 Å². The summed E-state index contributed by atoms with van der Waals surface area (Å²) in [6.07, 6.45) is -0.882. The quantitative estimate of drug-likeness (QED) is 0.749. The van der Waals surface area contributed by atoms with E-state index < -0.39 is 12.1 Å². The van der Waals surface area contributed by atoms with E-state index in [4.69, 9.17) is 16.3 Å². The zero-order valence-electron chi connectivity index (χ0n) is 13.5. The van der Waals surface area contributed by atoms with Gasteiger partial charge >= 0.3 is 0 Å². The maximum Gasteiger partial charge on any atom is 0.258 e. The van der Waals surface area contributed by atoms with E-state index in [1.54, 1.807) is 37.3 Å². The predicted molar refractivity (Wildman–Crippen MR) is 92.4 cm³/mol. The standard InChI is InChI=1S/C18H20ClNO4/c1-11-9-15(7-8-16(11)19)24-10-17(22)20-12(2)18(23)13-3-5-14(21)6-4-13/h3-9,12,18,21,23H,10H2,1-2H3,(H,20,22)/t12-,18+/m1/s1. The summed E-state index contributed by atoms with van der Waals surface area (Å²) in [5.74, 6) is 0.334. The van der Waals surface area contributed by atoms with Gasteiger partial charge in [0, 0.05) is 5.02 Å². The predicted octanol–water partition coefficient (Wildman–Crippen LogP) is 2.97. The molecule has 0 bridgehead atoms. The lowest BCUT2D eigenvalue weighted by Gasteiger charge is -2.20. The number of aliphatic hydroxyl groups is 1. The molecule has 0 saturated heterocycles. The molecule has 2 aromatic carbocycles. The van der Waals surface area contributed by atoms with E-state index in [1.807, 2.05) is 6.92 Å². The highest BCUT2D eigenvalue weighted by Crippen LogP contribution is 2.21. The Bertz CT molecular complexity index is 703. The third kappa shape index (κ3) is 4.88. The fourth-order valence-electron chi connectivity index (χ4n) is 2.19. The first-order valence-electron chi connectivity index (χ1n) is 7.52. The molecule has 0 aliphatic carbocycles. The van der Waals surface area contributed by atoms with Gasteiger partial charge in [-0.2, -0.15) is 0 Å². The summed E-state index contributed by atoms with van der Waals surface area (Å²) in [5.41, 5.74) is 1.47. The number of hydrogen-bond acceptors (Lipinski definition) is 4. The van der Waals surface area contributed by atoms with E-state index in [0.29, 0.717) is 16.3 Å². The van der Waals surface area contributed by atoms with Gasteiger partial charge in [0.25, 0.3) is 5.91 Å². The van der Waals surface area contributed by atoms with Crippen LogP contribution in [-0.4, -0.2) is 28.8 Å². The largest absolute Gasteiger partial charge is 0.508 e. The molecule has 0 aromatic heterocycles. The Morgan fingerprint density at radius 3 is 2.54 bits per heavy atom. The molecule has 0 radical (unpaired) electrons. The smallest absolute Gasteiger partial charge is 0.258 e. The molecule has 0 heterocycles. The number of ether oxygens (including phenoxy) is 1. The van der Waals surface area contributed by atoms with E-state index >= 15 is 0 Å². The summed E-state index contributed by atoms with van der Waals surface area (Å²) in [7, 11) is 0. The van der Waals surface area contributed by atoms with Crippen LogP contribution in [0.2, 0.25) is 5.02 Å². The summed E-state index contributed by atoms with van der Waals surface area (Å²) >= 11 is 5.94. The van der Waals surface area contributed by atoms with Crippen LogP contribution in [-0.2, 0) is 4.79 Å². The number of carbonyl (C=O) groups is 1. The van der Waals surface area contributed by atoms with E-state index in [0.717, 1.165) is 5.56 Å². The van der Waals surface area contributed by atoms with Crippen LogP contribution in [0.5, 0.6) is 11.5 Å². The van der Waals surface area contributed by atoms with Crippen LogP contribution in [0.3, 0.4) is 0 Å². The molecule has 2 rings (SSSR count). The van der Waals surface area contributed by atoms with Gasteiger partial charge < -0.3 is 20.3 Å². The monoisotopic (exact) mass is 349 g/mol. The number of phenolic OH excluding ortho intramolecular Hbond substituents is 1. The van der Waals surface area contributed by atoms with Crippen LogP contribution in [0.25, 0.3) is 0 Å². The summed E-state index contributed by atoms with van der Waals surface area (Å²) in [4.78, 5) is 12.0. The van der Waals surface area contributed by atoms with Crippen molar-refractivity contribution in [1.29, 1.82) is 0 Å². The second-order valence-corrected chi connectivity index (χ2v) is 6.00. The molecule has 0 unspecified atom stereocenters. The van der Waals surface area contributed by atoms with Crippen molar-refractivity contribution in [2.24, 2.45) is 0 Å². The minimum atomic E-state index is -0.882. The molecular weight excluding hydrogens is 330 g/mol. The van der Waals surface area contributed by atoms with E-state index in [1.165, 1.54) is 12.1 Å². The van der Waals surface area contributed by atoms with Crippen LogP contribution in [0.4, 0.5) is 0 Å². The maximum atomic E-state index is 12.0. The van der Waals surface area contributed by atoms with Gasteiger partial charge in [0.1, 0.15) is 11.5 Å². The van der Waals surface area contributed by atoms with Crippen molar-refractivity contribution in [1.82, 2.24) is 5.32 Å². The molecule has 0 spiro atoms. The normalized spacial score (nSPS) is 13.2. The maximum absolute atomic E-state index is 12.0. The van der Waals surface area contributed by atoms with Crippen LogP contribution >= 0.6 is 11.6 Å². The zero-order valence-corrected chi connectivity index (χ0v) is 14.2. The fourth-order valence-corrected chi connectivity index (χ4v) is 2.31. The lowest BCUT2D eigenvalue weighted by molar-refractivity contribution is -0.124. The first-order chi connectivity index (χ1) is 11.4. The van der Waals surface area contributed by atoms with Gasteiger partial charge in [0.2, 0.25) is 0 Å². The molecule has 2 atom stereocenters. The summed E-state index contributed by atoms with van der Waals surface area (Å²) in [5, 5.41) is 22.8. The van der Waals surface area contributed by atoms with Crippen LogP contribution in [0.15, 0.2) is 42.5 Å². The Hall–Kier alpha value is -2.24. The third-order valence-electron chi connectivity index (χ3n) is 3.60. The molecule has 1 amide bonds. The van der Waals surface area contributed by atoms with Crippen LogP contribution < -0.4 is 10.1 Å². The highest BCUT2D eigenvalue weighted by Gasteiger charge is 2.18. The van der Waals surface area contributed by atoms with E-state index in [2.05, 4.69) is 5.32 Å². The number of hydrogen-bond donors (Lipinski definition) is 3. The van der Waals surface area contributed by atoms with E-state index in [-0.39, 0.29) is 18.3 Å².